The van der Waals surface area contributed by atoms with Gasteiger partial charge in [-0.1, -0.05) is 135 Å². The third-order valence-corrected chi connectivity index (χ3v) is 10.4. The van der Waals surface area contributed by atoms with Crippen molar-refractivity contribution in [2.24, 2.45) is 22.6 Å². The monoisotopic (exact) mass is 677 g/mol. The van der Waals surface area contributed by atoms with Gasteiger partial charge in [-0.05, 0) is 82.4 Å². The third kappa shape index (κ3) is 12.6. The fraction of sp³-hybridized carbons (Fsp3) is 0.682. The van der Waals surface area contributed by atoms with Crippen LogP contribution in [-0.4, -0.2) is 34.8 Å². The lowest BCUT2D eigenvalue weighted by Crippen LogP contribution is -2.30. The molecule has 2 fully saturated rings. The zero-order valence-electron chi connectivity index (χ0n) is 33.8. The van der Waals surface area contributed by atoms with Gasteiger partial charge >= 0.3 is 0 Å². The van der Waals surface area contributed by atoms with Gasteiger partial charge in [-0.15, -0.1) is 0 Å². The predicted molar refractivity (Wildman–Crippen MR) is 211 cm³/mol. The molecule has 2 aliphatic rings. The van der Waals surface area contributed by atoms with Crippen molar-refractivity contribution in [1.29, 1.82) is 0 Å². The highest BCUT2D eigenvalue weighted by Crippen LogP contribution is 2.38. The number of benzene rings is 2. The molecule has 2 aromatic carbocycles. The Bertz CT molecular complexity index is 1390. The van der Waals surface area contributed by atoms with Crippen molar-refractivity contribution in [1.82, 2.24) is 0 Å². The number of nitrogens with two attached hydrogens (primary N) is 1. The van der Waals surface area contributed by atoms with Crippen LogP contribution in [0.3, 0.4) is 0 Å². The molecule has 4 unspecified atom stereocenters. The summed E-state index contributed by atoms with van der Waals surface area (Å²) in [4.78, 5) is 15.9. The van der Waals surface area contributed by atoms with Gasteiger partial charge in [0.2, 0.25) is 0 Å². The predicted octanol–water partition coefficient (Wildman–Crippen LogP) is 11.3. The summed E-state index contributed by atoms with van der Waals surface area (Å²) in [6.07, 6.45) is 13.0. The molecule has 2 aromatic rings. The highest BCUT2D eigenvalue weighted by molar-refractivity contribution is 5.85. The molecule has 5 nitrogen and oxygen atoms in total. The lowest BCUT2D eigenvalue weighted by molar-refractivity contribution is 0.112. The molecule has 0 radical (unpaired) electrons. The fourth-order valence-electron chi connectivity index (χ4n) is 6.55. The average Bonchev–Trinajstić information content (AvgIpc) is 2.97. The van der Waals surface area contributed by atoms with E-state index in [2.05, 4.69) is 88.3 Å². The van der Waals surface area contributed by atoms with E-state index in [1.165, 1.54) is 56.9 Å². The van der Waals surface area contributed by atoms with Crippen LogP contribution in [0.25, 0.3) is 0 Å². The summed E-state index contributed by atoms with van der Waals surface area (Å²) in [6, 6.07) is 8.95. The van der Waals surface area contributed by atoms with Gasteiger partial charge in [0, 0.05) is 28.9 Å². The number of hydrogen-bond acceptors (Lipinski definition) is 5. The second-order valence-corrected chi connectivity index (χ2v) is 19.1. The number of hydrogen-bond donors (Lipinski definition) is 3. The first-order valence-corrected chi connectivity index (χ1v) is 18.9. The third-order valence-electron chi connectivity index (χ3n) is 10.4. The first-order chi connectivity index (χ1) is 22.4. The molecular formula is C44H72N2O3. The van der Waals surface area contributed by atoms with E-state index in [9.17, 15) is 15.0 Å². The summed E-state index contributed by atoms with van der Waals surface area (Å²) < 4.78 is 0. The molecule has 2 saturated carbocycles. The highest BCUT2D eigenvalue weighted by Gasteiger charge is 2.26. The summed E-state index contributed by atoms with van der Waals surface area (Å²) in [5.41, 5.74) is 10.9. The number of phenolic OH excluding ortho intramolecular Hbond substituents is 2. The molecule has 0 bridgehead atoms. The average molecular weight is 677 g/mol. The smallest absolute Gasteiger partial charge is 0.153 e. The van der Waals surface area contributed by atoms with Crippen LogP contribution in [0.15, 0.2) is 29.3 Å². The van der Waals surface area contributed by atoms with Crippen molar-refractivity contribution in [3.63, 3.8) is 0 Å². The van der Waals surface area contributed by atoms with Crippen LogP contribution in [-0.2, 0) is 21.7 Å². The molecule has 0 amide bonds. The van der Waals surface area contributed by atoms with E-state index in [-0.39, 0.29) is 27.4 Å². The quantitative estimate of drug-likeness (QED) is 0.223. The Morgan fingerprint density at radius 3 is 1.39 bits per heavy atom. The van der Waals surface area contributed by atoms with Crippen LogP contribution >= 0.6 is 0 Å². The van der Waals surface area contributed by atoms with Crippen molar-refractivity contribution in [2.75, 3.05) is 0 Å². The maximum Gasteiger partial charge on any atom is 0.153 e. The first kappa shape index (κ1) is 42.5. The molecule has 5 heteroatoms. The largest absolute Gasteiger partial charge is 0.507 e. The maximum atomic E-state index is 11.0. The number of carbonyl (C=O) groups is 1. The van der Waals surface area contributed by atoms with Crippen molar-refractivity contribution < 1.29 is 15.0 Å². The summed E-state index contributed by atoms with van der Waals surface area (Å²) in [5.74, 6) is 1.93. The van der Waals surface area contributed by atoms with Crippen molar-refractivity contribution in [3.05, 3.63) is 57.6 Å². The lowest BCUT2D eigenvalue weighted by Gasteiger charge is -2.27. The Balaban J connectivity index is 0.000000288. The molecule has 0 aliphatic heterocycles. The summed E-state index contributed by atoms with van der Waals surface area (Å²) in [6.45, 7) is 30.0. The standard InChI is InChI=1S/C22H35NO.C15H22O2.C7H15N/c1-15-10-8-9-11-19(15)23-14-16-12-17(21(2,3)4)13-18(20(16)24)22(5,6)7;1-14(2,3)11-7-10(9-16)13(17)12(8-11)15(4,5)6;1-6-4-2-3-5-7(6)8/h12-15,19,24H,8-11H2,1-7H3;7-9,17H,1-6H3;6-7H,2-5,8H2,1H3. The van der Waals surface area contributed by atoms with Gasteiger partial charge in [0.25, 0.3) is 0 Å². The molecule has 4 N–H and O–H groups in total. The zero-order valence-corrected chi connectivity index (χ0v) is 33.8. The van der Waals surface area contributed by atoms with Crippen LogP contribution in [0.1, 0.15) is 186 Å². The summed E-state index contributed by atoms with van der Waals surface area (Å²) in [7, 11) is 0. The van der Waals surface area contributed by atoms with Gasteiger partial charge < -0.3 is 15.9 Å². The Morgan fingerprint density at radius 2 is 1.02 bits per heavy atom. The number of carbonyl (C=O) groups excluding carboxylic acids is 1. The summed E-state index contributed by atoms with van der Waals surface area (Å²) in [5, 5.41) is 20.9. The lowest BCUT2D eigenvalue weighted by atomic mass is 9.79. The molecule has 0 aromatic heterocycles. The number of phenols is 2. The number of aliphatic imine (C=N–C) groups is 1. The SMILES string of the molecule is CC(C)(C)c1cc(C=O)c(O)c(C(C)(C)C)c1.CC1CCCCC1N.CC1CCCCC1N=Cc1cc(C(C)(C)C)cc(C(C)(C)C)c1O. The Kier molecular flexibility index (Phi) is 14.8. The summed E-state index contributed by atoms with van der Waals surface area (Å²) >= 11 is 0. The highest BCUT2D eigenvalue weighted by atomic mass is 16.3. The molecule has 0 saturated heterocycles. The second kappa shape index (κ2) is 17.0. The topological polar surface area (TPSA) is 95.9 Å². The van der Waals surface area contributed by atoms with Crippen molar-refractivity contribution in [2.45, 2.75) is 182 Å². The van der Waals surface area contributed by atoms with E-state index in [1.54, 1.807) is 6.07 Å². The molecule has 0 heterocycles. The Hall–Kier alpha value is -2.66. The molecule has 0 spiro atoms. The van der Waals surface area contributed by atoms with E-state index in [4.69, 9.17) is 10.7 Å². The van der Waals surface area contributed by atoms with Crippen LogP contribution in [0, 0.1) is 11.8 Å². The maximum absolute atomic E-state index is 11.0. The minimum Gasteiger partial charge on any atom is -0.507 e. The molecule has 49 heavy (non-hydrogen) atoms. The molecular weight excluding hydrogens is 604 g/mol. The van der Waals surface area contributed by atoms with E-state index in [1.807, 2.05) is 33.1 Å². The second-order valence-electron chi connectivity index (χ2n) is 19.1. The van der Waals surface area contributed by atoms with E-state index >= 15 is 0 Å². The number of aldehydes is 1. The van der Waals surface area contributed by atoms with Crippen molar-refractivity contribution in [3.8, 4) is 11.5 Å². The zero-order chi connectivity index (χ0) is 37.5. The minimum absolute atomic E-state index is 0.0362. The molecule has 4 rings (SSSR count). The first-order valence-electron chi connectivity index (χ1n) is 18.9. The van der Waals surface area contributed by atoms with Gasteiger partial charge in [-0.3, -0.25) is 9.79 Å². The Morgan fingerprint density at radius 1 is 0.612 bits per heavy atom. The van der Waals surface area contributed by atoms with Gasteiger partial charge in [0.05, 0.1) is 11.6 Å². The number of aromatic hydroxyl groups is 2. The van der Waals surface area contributed by atoms with Gasteiger partial charge in [0.1, 0.15) is 11.5 Å². The van der Waals surface area contributed by atoms with Gasteiger partial charge in [-0.25, -0.2) is 0 Å². The van der Waals surface area contributed by atoms with Crippen molar-refractivity contribution >= 4 is 12.5 Å². The molecule has 276 valence electrons. The van der Waals surface area contributed by atoms with Crippen LogP contribution in [0.4, 0.5) is 0 Å². The van der Waals surface area contributed by atoms with E-state index in [0.29, 0.717) is 29.3 Å². The van der Waals surface area contributed by atoms with E-state index in [0.717, 1.165) is 34.5 Å². The molecule has 4 atom stereocenters. The Labute approximate surface area is 300 Å². The van der Waals surface area contributed by atoms with Crippen LogP contribution < -0.4 is 5.73 Å². The number of nitrogens with zero attached hydrogens (tertiary/aromatic N) is 1. The normalized spacial score (nSPS) is 22.1. The minimum atomic E-state index is -0.177. The van der Waals surface area contributed by atoms with Gasteiger partial charge in [0.15, 0.2) is 6.29 Å². The van der Waals surface area contributed by atoms with Crippen LogP contribution in [0.5, 0.6) is 11.5 Å². The van der Waals surface area contributed by atoms with Crippen LogP contribution in [0.2, 0.25) is 0 Å². The number of rotatable bonds is 3. The van der Waals surface area contributed by atoms with E-state index < -0.39 is 0 Å². The molecule has 2 aliphatic carbocycles. The fourth-order valence-corrected chi connectivity index (χ4v) is 6.55. The van der Waals surface area contributed by atoms with Gasteiger partial charge in [-0.2, -0.15) is 0 Å².